The Balaban J connectivity index is 1.83. The summed E-state index contributed by atoms with van der Waals surface area (Å²) in [5.41, 5.74) is 2.11. The molecular formula is C16H20N4O3. The third kappa shape index (κ3) is 3.18. The molecule has 2 aromatic rings. The molecule has 122 valence electrons. The van der Waals surface area contributed by atoms with Crippen molar-refractivity contribution < 1.29 is 14.3 Å². The van der Waals surface area contributed by atoms with Crippen molar-refractivity contribution in [3.63, 3.8) is 0 Å². The number of rotatable bonds is 6. The predicted molar refractivity (Wildman–Crippen MR) is 83.9 cm³/mol. The van der Waals surface area contributed by atoms with Gasteiger partial charge in [0.25, 0.3) is 5.91 Å². The Morgan fingerprint density at radius 3 is 2.78 bits per heavy atom. The Morgan fingerprint density at radius 2 is 2.13 bits per heavy atom. The van der Waals surface area contributed by atoms with E-state index in [9.17, 15) is 9.59 Å². The van der Waals surface area contributed by atoms with Gasteiger partial charge < -0.3 is 9.64 Å². The molecule has 1 aliphatic carbocycles. The number of amides is 1. The first-order valence-electron chi connectivity index (χ1n) is 7.93. The summed E-state index contributed by atoms with van der Waals surface area (Å²) in [7, 11) is 0. The van der Waals surface area contributed by atoms with Crippen molar-refractivity contribution in [3.8, 4) is 0 Å². The molecule has 1 aromatic heterocycles. The lowest BCUT2D eigenvalue weighted by atomic mass is 10.1. The molecule has 23 heavy (non-hydrogen) atoms. The van der Waals surface area contributed by atoms with Crippen LogP contribution in [0.25, 0.3) is 11.0 Å². The number of esters is 1. The van der Waals surface area contributed by atoms with E-state index in [0.29, 0.717) is 17.7 Å². The molecule has 7 nitrogen and oxygen atoms in total. The molecule has 7 heteroatoms. The summed E-state index contributed by atoms with van der Waals surface area (Å²) in [6.45, 7) is 4.78. The van der Waals surface area contributed by atoms with Crippen molar-refractivity contribution in [1.29, 1.82) is 0 Å². The molecule has 0 atom stereocenters. The SMILES string of the molecule is CCOC(=O)CN(C(=O)c1ccc2c(c1)nnn2CC)C1CC1. The van der Waals surface area contributed by atoms with Gasteiger partial charge in [0, 0.05) is 18.2 Å². The van der Waals surface area contributed by atoms with Crippen molar-refractivity contribution in [3.05, 3.63) is 23.8 Å². The first kappa shape index (κ1) is 15.5. The first-order chi connectivity index (χ1) is 11.1. The van der Waals surface area contributed by atoms with Crippen molar-refractivity contribution in [1.82, 2.24) is 19.9 Å². The molecule has 0 spiro atoms. The Bertz CT molecular complexity index is 736. The second-order valence-electron chi connectivity index (χ2n) is 5.58. The summed E-state index contributed by atoms with van der Waals surface area (Å²) in [6.07, 6.45) is 1.86. The van der Waals surface area contributed by atoms with E-state index in [1.165, 1.54) is 0 Å². The minimum absolute atomic E-state index is 0.00295. The number of aryl methyl sites for hydroxylation is 1. The third-order valence-corrected chi connectivity index (χ3v) is 3.91. The quantitative estimate of drug-likeness (QED) is 0.757. The first-order valence-corrected chi connectivity index (χ1v) is 7.93. The van der Waals surface area contributed by atoms with Crippen molar-refractivity contribution >= 4 is 22.9 Å². The zero-order valence-electron chi connectivity index (χ0n) is 13.4. The fourth-order valence-corrected chi connectivity index (χ4v) is 2.60. The van der Waals surface area contributed by atoms with Crippen LogP contribution >= 0.6 is 0 Å². The number of nitrogens with zero attached hydrogens (tertiary/aromatic N) is 4. The zero-order chi connectivity index (χ0) is 16.4. The summed E-state index contributed by atoms with van der Waals surface area (Å²) < 4.78 is 6.74. The molecule has 1 aliphatic rings. The van der Waals surface area contributed by atoms with Crippen LogP contribution in [0.1, 0.15) is 37.0 Å². The molecule has 3 rings (SSSR count). The van der Waals surface area contributed by atoms with E-state index in [1.54, 1.807) is 28.6 Å². The second kappa shape index (κ2) is 6.36. The highest BCUT2D eigenvalue weighted by Crippen LogP contribution is 2.28. The number of hydrogen-bond acceptors (Lipinski definition) is 5. The average molecular weight is 316 g/mol. The minimum Gasteiger partial charge on any atom is -0.465 e. The highest BCUT2D eigenvalue weighted by molar-refractivity contribution is 5.99. The van der Waals surface area contributed by atoms with Gasteiger partial charge in [0.1, 0.15) is 12.1 Å². The smallest absolute Gasteiger partial charge is 0.325 e. The van der Waals surface area contributed by atoms with Gasteiger partial charge in [-0.1, -0.05) is 5.21 Å². The van der Waals surface area contributed by atoms with Crippen LogP contribution in [-0.2, 0) is 16.1 Å². The lowest BCUT2D eigenvalue weighted by molar-refractivity contribution is -0.144. The number of fused-ring (bicyclic) bond motifs is 1. The van der Waals surface area contributed by atoms with E-state index in [-0.39, 0.29) is 24.5 Å². The fraction of sp³-hybridized carbons (Fsp3) is 0.500. The molecule has 1 aromatic carbocycles. The van der Waals surface area contributed by atoms with Crippen LogP contribution in [0.5, 0.6) is 0 Å². The Labute approximate surface area is 134 Å². The molecule has 1 fully saturated rings. The second-order valence-corrected chi connectivity index (χ2v) is 5.58. The fourth-order valence-electron chi connectivity index (χ4n) is 2.60. The molecule has 1 saturated carbocycles. The molecular weight excluding hydrogens is 296 g/mol. The number of hydrogen-bond donors (Lipinski definition) is 0. The maximum absolute atomic E-state index is 12.7. The summed E-state index contributed by atoms with van der Waals surface area (Å²) in [4.78, 5) is 26.1. The summed E-state index contributed by atoms with van der Waals surface area (Å²) in [5, 5.41) is 8.14. The van der Waals surface area contributed by atoms with Crippen LogP contribution in [0, 0.1) is 0 Å². The molecule has 1 heterocycles. The van der Waals surface area contributed by atoms with Crippen LogP contribution in [0.2, 0.25) is 0 Å². The highest BCUT2D eigenvalue weighted by Gasteiger charge is 2.34. The average Bonchev–Trinajstić information content (AvgIpc) is 3.31. The van der Waals surface area contributed by atoms with E-state index < -0.39 is 0 Å². The van der Waals surface area contributed by atoms with Crippen LogP contribution in [0.15, 0.2) is 18.2 Å². The van der Waals surface area contributed by atoms with Gasteiger partial charge in [0.2, 0.25) is 0 Å². The van der Waals surface area contributed by atoms with Gasteiger partial charge >= 0.3 is 5.97 Å². The number of aromatic nitrogens is 3. The van der Waals surface area contributed by atoms with Gasteiger partial charge in [0.15, 0.2) is 0 Å². The normalized spacial score (nSPS) is 14.0. The summed E-state index contributed by atoms with van der Waals surface area (Å²) in [5.74, 6) is -0.528. The van der Waals surface area contributed by atoms with Crippen LogP contribution < -0.4 is 0 Å². The van der Waals surface area contributed by atoms with Gasteiger partial charge in [-0.15, -0.1) is 5.10 Å². The monoisotopic (exact) mass is 316 g/mol. The Kier molecular flexibility index (Phi) is 4.27. The molecule has 0 unspecified atom stereocenters. The van der Waals surface area contributed by atoms with Crippen LogP contribution in [-0.4, -0.2) is 51.0 Å². The van der Waals surface area contributed by atoms with Crippen molar-refractivity contribution in [2.24, 2.45) is 0 Å². The maximum atomic E-state index is 12.7. The third-order valence-electron chi connectivity index (χ3n) is 3.91. The maximum Gasteiger partial charge on any atom is 0.325 e. The molecule has 0 bridgehead atoms. The van der Waals surface area contributed by atoms with Crippen molar-refractivity contribution in [2.45, 2.75) is 39.3 Å². The molecule has 0 radical (unpaired) electrons. The number of carbonyl (C=O) groups excluding carboxylic acids is 2. The molecule has 0 aliphatic heterocycles. The lowest BCUT2D eigenvalue weighted by Gasteiger charge is -2.21. The van der Waals surface area contributed by atoms with E-state index >= 15 is 0 Å². The van der Waals surface area contributed by atoms with E-state index in [2.05, 4.69) is 10.3 Å². The Hall–Kier alpha value is -2.44. The largest absolute Gasteiger partial charge is 0.465 e. The van der Waals surface area contributed by atoms with Crippen molar-refractivity contribution in [2.75, 3.05) is 13.2 Å². The van der Waals surface area contributed by atoms with Gasteiger partial charge in [-0.3, -0.25) is 9.59 Å². The van der Waals surface area contributed by atoms with Gasteiger partial charge in [-0.25, -0.2) is 4.68 Å². The standard InChI is InChI=1S/C16H20N4O3/c1-3-20-14-8-5-11(9-13(14)17-18-20)16(22)19(12-6-7-12)10-15(21)23-4-2/h5,8-9,12H,3-4,6-7,10H2,1-2H3. The van der Waals surface area contributed by atoms with Gasteiger partial charge in [-0.2, -0.15) is 0 Å². The van der Waals surface area contributed by atoms with Crippen LogP contribution in [0.4, 0.5) is 0 Å². The summed E-state index contributed by atoms with van der Waals surface area (Å²) >= 11 is 0. The number of benzene rings is 1. The Morgan fingerprint density at radius 1 is 1.35 bits per heavy atom. The van der Waals surface area contributed by atoms with E-state index in [0.717, 1.165) is 24.9 Å². The summed E-state index contributed by atoms with van der Waals surface area (Å²) in [6, 6.07) is 5.48. The van der Waals surface area contributed by atoms with Crippen LogP contribution in [0.3, 0.4) is 0 Å². The minimum atomic E-state index is -0.370. The molecule has 0 N–H and O–H groups in total. The van der Waals surface area contributed by atoms with E-state index in [1.807, 2.05) is 13.0 Å². The number of ether oxygens (including phenoxy) is 1. The number of carbonyl (C=O) groups is 2. The topological polar surface area (TPSA) is 77.3 Å². The zero-order valence-corrected chi connectivity index (χ0v) is 13.4. The molecule has 1 amide bonds. The van der Waals surface area contributed by atoms with Gasteiger partial charge in [-0.05, 0) is 44.9 Å². The van der Waals surface area contributed by atoms with Gasteiger partial charge in [0.05, 0.1) is 12.1 Å². The predicted octanol–water partition coefficient (Wildman–Crippen LogP) is 1.62. The lowest BCUT2D eigenvalue weighted by Crippen LogP contribution is -2.38. The highest BCUT2D eigenvalue weighted by atomic mass is 16.5. The van der Waals surface area contributed by atoms with E-state index in [4.69, 9.17) is 4.74 Å². The molecule has 0 saturated heterocycles.